The molecule has 1 saturated heterocycles. The van der Waals surface area contributed by atoms with Crippen LogP contribution in [0, 0.1) is 11.3 Å². The van der Waals surface area contributed by atoms with Crippen LogP contribution in [0.2, 0.25) is 0 Å². The molecule has 0 aromatic heterocycles. The Morgan fingerprint density at radius 3 is 2.33 bits per heavy atom. The molecule has 21 heavy (non-hydrogen) atoms. The topological polar surface area (TPSA) is 15.3 Å². The van der Waals surface area contributed by atoms with E-state index in [-0.39, 0.29) is 11.8 Å². The van der Waals surface area contributed by atoms with E-state index in [1.165, 1.54) is 0 Å². The number of nitrogens with zero attached hydrogens (tertiary/aromatic N) is 1. The van der Waals surface area contributed by atoms with Crippen LogP contribution in [-0.4, -0.2) is 42.8 Å². The lowest BCUT2D eigenvalue weighted by Gasteiger charge is -2.47. The fraction of sp³-hybridized carbons (Fsp3) is 1.00. The highest BCUT2D eigenvalue weighted by Crippen LogP contribution is 2.29. The van der Waals surface area contributed by atoms with Crippen molar-refractivity contribution in [1.29, 1.82) is 0 Å². The molecule has 0 aromatic carbocycles. The lowest BCUT2D eigenvalue weighted by atomic mass is 9.82. The van der Waals surface area contributed by atoms with Gasteiger partial charge in [-0.2, -0.15) is 13.2 Å². The van der Waals surface area contributed by atoms with E-state index in [4.69, 9.17) is 0 Å². The van der Waals surface area contributed by atoms with Crippen LogP contribution in [0.1, 0.15) is 53.9 Å². The third-order valence-electron chi connectivity index (χ3n) is 4.68. The van der Waals surface area contributed by atoms with Gasteiger partial charge < -0.3 is 5.32 Å². The molecule has 0 aliphatic carbocycles. The van der Waals surface area contributed by atoms with E-state index in [1.807, 2.05) is 0 Å². The average molecular weight is 308 g/mol. The molecule has 1 fully saturated rings. The fourth-order valence-electron chi connectivity index (χ4n) is 3.09. The van der Waals surface area contributed by atoms with E-state index in [2.05, 4.69) is 44.8 Å². The van der Waals surface area contributed by atoms with Gasteiger partial charge in [0.05, 0.1) is 0 Å². The van der Waals surface area contributed by atoms with Crippen LogP contribution in [0.4, 0.5) is 13.2 Å². The van der Waals surface area contributed by atoms with Crippen LogP contribution in [0.15, 0.2) is 0 Å². The first-order valence-corrected chi connectivity index (χ1v) is 8.08. The van der Waals surface area contributed by atoms with Crippen LogP contribution in [0.5, 0.6) is 0 Å². The van der Waals surface area contributed by atoms with Crippen molar-refractivity contribution in [2.75, 3.05) is 19.6 Å². The molecule has 0 amide bonds. The van der Waals surface area contributed by atoms with Gasteiger partial charge in [-0.3, -0.25) is 4.90 Å². The smallest absolute Gasteiger partial charge is 0.311 e. The zero-order chi connectivity index (χ0) is 16.3. The average Bonchev–Trinajstić information content (AvgIpc) is 2.34. The predicted octanol–water partition coefficient (Wildman–Crippen LogP) is 4.06. The Hall–Kier alpha value is -0.290. The summed E-state index contributed by atoms with van der Waals surface area (Å²) in [4.78, 5) is 2.28. The Morgan fingerprint density at radius 1 is 1.24 bits per heavy atom. The van der Waals surface area contributed by atoms with E-state index in [9.17, 15) is 13.2 Å². The van der Waals surface area contributed by atoms with Crippen molar-refractivity contribution in [2.24, 2.45) is 11.3 Å². The fourth-order valence-corrected chi connectivity index (χ4v) is 3.09. The largest absolute Gasteiger partial charge is 0.389 e. The highest BCUT2D eigenvalue weighted by molar-refractivity contribution is 4.93. The monoisotopic (exact) mass is 308 g/mol. The van der Waals surface area contributed by atoms with E-state index in [0.29, 0.717) is 24.5 Å². The second-order valence-corrected chi connectivity index (χ2v) is 7.50. The third-order valence-corrected chi connectivity index (χ3v) is 4.68. The van der Waals surface area contributed by atoms with Gasteiger partial charge in [0.2, 0.25) is 0 Å². The second-order valence-electron chi connectivity index (χ2n) is 7.50. The molecule has 0 saturated carbocycles. The van der Waals surface area contributed by atoms with Crippen molar-refractivity contribution in [3.63, 3.8) is 0 Å². The normalized spacial score (nSPS) is 26.9. The Morgan fingerprint density at radius 2 is 1.86 bits per heavy atom. The lowest BCUT2D eigenvalue weighted by Crippen LogP contribution is -2.62. The number of halogens is 3. The summed E-state index contributed by atoms with van der Waals surface area (Å²) in [5.74, 6) is 0.552. The zero-order valence-corrected chi connectivity index (χ0v) is 14.1. The van der Waals surface area contributed by atoms with Crippen molar-refractivity contribution in [2.45, 2.75) is 72.1 Å². The minimum absolute atomic E-state index is 0.0751. The van der Waals surface area contributed by atoms with Gasteiger partial charge in [0.1, 0.15) is 0 Å². The molecule has 1 heterocycles. The van der Waals surface area contributed by atoms with Crippen molar-refractivity contribution in [3.8, 4) is 0 Å². The molecular formula is C16H31F3N2. The summed E-state index contributed by atoms with van der Waals surface area (Å²) in [6, 6.07) is 0.686. The van der Waals surface area contributed by atoms with E-state index in [0.717, 1.165) is 19.5 Å². The van der Waals surface area contributed by atoms with Gasteiger partial charge >= 0.3 is 6.18 Å². The summed E-state index contributed by atoms with van der Waals surface area (Å²) in [6.45, 7) is 13.1. The molecule has 1 N–H and O–H groups in total. The summed E-state index contributed by atoms with van der Waals surface area (Å²) < 4.78 is 37.1. The zero-order valence-electron chi connectivity index (χ0n) is 14.1. The Bertz CT molecular complexity index is 310. The molecule has 0 aromatic rings. The van der Waals surface area contributed by atoms with Crippen molar-refractivity contribution in [3.05, 3.63) is 0 Å². The van der Waals surface area contributed by atoms with Gasteiger partial charge in [-0.25, -0.2) is 0 Å². The number of nitrogens with one attached hydrogen (secondary N) is 1. The SMILES string of the molecule is CCC(C)C1CN(CCCC(F)(F)F)C(C(C)(C)C)CN1. The Kier molecular flexibility index (Phi) is 6.54. The molecule has 1 aliphatic rings. The number of alkyl halides is 3. The number of hydrogen-bond donors (Lipinski definition) is 1. The molecule has 2 nitrogen and oxygen atoms in total. The summed E-state index contributed by atoms with van der Waals surface area (Å²) in [7, 11) is 0. The molecule has 5 heteroatoms. The lowest BCUT2D eigenvalue weighted by molar-refractivity contribution is -0.137. The van der Waals surface area contributed by atoms with Gasteiger partial charge in [0, 0.05) is 31.6 Å². The maximum atomic E-state index is 12.4. The van der Waals surface area contributed by atoms with Gasteiger partial charge in [0.15, 0.2) is 0 Å². The molecule has 1 aliphatic heterocycles. The molecule has 3 unspecified atom stereocenters. The number of rotatable bonds is 5. The first-order chi connectivity index (χ1) is 9.54. The highest BCUT2D eigenvalue weighted by Gasteiger charge is 2.37. The minimum atomic E-state index is -4.04. The molecule has 0 spiro atoms. The summed E-state index contributed by atoms with van der Waals surface area (Å²) >= 11 is 0. The number of piperazine rings is 1. The predicted molar refractivity (Wildman–Crippen MR) is 81.4 cm³/mol. The van der Waals surface area contributed by atoms with Crippen LogP contribution < -0.4 is 5.32 Å². The Balaban J connectivity index is 2.65. The van der Waals surface area contributed by atoms with E-state index < -0.39 is 12.6 Å². The van der Waals surface area contributed by atoms with Gasteiger partial charge in [0.25, 0.3) is 0 Å². The van der Waals surface area contributed by atoms with Crippen LogP contribution in [0.3, 0.4) is 0 Å². The van der Waals surface area contributed by atoms with Crippen LogP contribution >= 0.6 is 0 Å². The first kappa shape index (κ1) is 18.8. The van der Waals surface area contributed by atoms with Gasteiger partial charge in [-0.05, 0) is 24.3 Å². The van der Waals surface area contributed by atoms with E-state index >= 15 is 0 Å². The standard InChI is InChI=1S/C16H31F3N2/c1-6-12(2)13-11-21(9-7-8-16(17,18)19)14(10-20-13)15(3,4)5/h12-14,20H,6-11H2,1-5H3. The van der Waals surface area contributed by atoms with Crippen molar-refractivity contribution < 1.29 is 13.2 Å². The van der Waals surface area contributed by atoms with Gasteiger partial charge in [-0.1, -0.05) is 41.0 Å². The summed E-state index contributed by atoms with van der Waals surface area (Å²) in [6.07, 6.45) is -3.43. The third kappa shape index (κ3) is 6.15. The Labute approximate surface area is 127 Å². The highest BCUT2D eigenvalue weighted by atomic mass is 19.4. The van der Waals surface area contributed by atoms with E-state index in [1.54, 1.807) is 0 Å². The van der Waals surface area contributed by atoms with Gasteiger partial charge in [-0.15, -0.1) is 0 Å². The van der Waals surface area contributed by atoms with Crippen LogP contribution in [0.25, 0.3) is 0 Å². The molecule has 1 rings (SSSR count). The molecule has 0 bridgehead atoms. The molecule has 3 atom stereocenters. The van der Waals surface area contributed by atoms with Crippen molar-refractivity contribution >= 4 is 0 Å². The first-order valence-electron chi connectivity index (χ1n) is 8.08. The minimum Gasteiger partial charge on any atom is -0.311 e. The van der Waals surface area contributed by atoms with Crippen LogP contribution in [-0.2, 0) is 0 Å². The quantitative estimate of drug-likeness (QED) is 0.824. The van der Waals surface area contributed by atoms with Crippen molar-refractivity contribution in [1.82, 2.24) is 10.2 Å². The second kappa shape index (κ2) is 7.32. The maximum Gasteiger partial charge on any atom is 0.389 e. The summed E-state index contributed by atoms with van der Waals surface area (Å²) in [5, 5.41) is 3.60. The molecule has 0 radical (unpaired) electrons. The molecule has 126 valence electrons. The number of hydrogen-bond acceptors (Lipinski definition) is 2. The maximum absolute atomic E-state index is 12.4. The summed E-state index contributed by atoms with van der Waals surface area (Å²) in [5.41, 5.74) is 0.0751. The molecular weight excluding hydrogens is 277 g/mol.